The van der Waals surface area contributed by atoms with E-state index in [9.17, 15) is 4.79 Å². The number of nitrogens with zero attached hydrogens (tertiary/aromatic N) is 3. The molecule has 0 fully saturated rings. The van der Waals surface area contributed by atoms with E-state index in [0.29, 0.717) is 32.3 Å². The van der Waals surface area contributed by atoms with Gasteiger partial charge in [-0.1, -0.05) is 53.5 Å². The Morgan fingerprint density at radius 3 is 2.23 bits per heavy atom. The lowest BCUT2D eigenvalue weighted by Gasteiger charge is -2.08. The molecule has 1 heterocycles. The molecule has 0 aliphatic heterocycles. The maximum Gasteiger partial charge on any atom is 0.257 e. The second kappa shape index (κ2) is 6.78. The van der Waals surface area contributed by atoms with Crippen molar-refractivity contribution in [3.8, 4) is 5.69 Å². The van der Waals surface area contributed by atoms with Crippen molar-refractivity contribution in [3.05, 3.63) is 82.3 Å². The molecule has 1 amide bonds. The van der Waals surface area contributed by atoms with Crippen molar-refractivity contribution in [2.45, 2.75) is 0 Å². The van der Waals surface area contributed by atoms with E-state index in [2.05, 4.69) is 15.5 Å². The molecule has 0 bridgehead atoms. The average molecular weight is 383 g/mol. The van der Waals surface area contributed by atoms with Gasteiger partial charge in [-0.15, -0.1) is 10.2 Å². The summed E-state index contributed by atoms with van der Waals surface area (Å²) in [5.41, 5.74) is 2.91. The van der Waals surface area contributed by atoms with Gasteiger partial charge in [-0.2, -0.15) is 4.80 Å². The first kappa shape index (κ1) is 16.6. The van der Waals surface area contributed by atoms with Gasteiger partial charge in [0.25, 0.3) is 5.91 Å². The van der Waals surface area contributed by atoms with Crippen molar-refractivity contribution < 1.29 is 4.79 Å². The minimum atomic E-state index is -0.340. The number of carbonyl (C=O) groups excluding carboxylic acids is 1. The largest absolute Gasteiger partial charge is 0.321 e. The molecule has 4 aromatic rings. The van der Waals surface area contributed by atoms with Crippen LogP contribution in [0.25, 0.3) is 16.7 Å². The SMILES string of the molecule is O=C(Nc1cc2nn(-c3ccccc3)nc2cc1Cl)c1ccccc1Cl. The lowest BCUT2D eigenvalue weighted by Crippen LogP contribution is -2.12. The average Bonchev–Trinajstić information content (AvgIpc) is 3.06. The van der Waals surface area contributed by atoms with Crippen LogP contribution in [0.2, 0.25) is 10.0 Å². The molecule has 1 N–H and O–H groups in total. The number of aromatic nitrogens is 3. The summed E-state index contributed by atoms with van der Waals surface area (Å²) in [4.78, 5) is 14.0. The fraction of sp³-hybridized carbons (Fsp3) is 0. The molecule has 0 aliphatic carbocycles. The summed E-state index contributed by atoms with van der Waals surface area (Å²) in [5, 5.41) is 12.4. The van der Waals surface area contributed by atoms with E-state index in [1.165, 1.54) is 4.80 Å². The lowest BCUT2D eigenvalue weighted by molar-refractivity contribution is 0.102. The van der Waals surface area contributed by atoms with E-state index in [1.54, 1.807) is 36.4 Å². The predicted octanol–water partition coefficient (Wildman–Crippen LogP) is 4.98. The monoisotopic (exact) mass is 382 g/mol. The van der Waals surface area contributed by atoms with E-state index >= 15 is 0 Å². The standard InChI is InChI=1S/C19H12Cl2N4O/c20-14-9-5-4-8-13(14)19(26)22-16-11-18-17(10-15(16)21)23-25(24-18)12-6-2-1-3-7-12/h1-11H,(H,22,26). The maximum absolute atomic E-state index is 12.5. The molecule has 3 aromatic carbocycles. The van der Waals surface area contributed by atoms with Crippen molar-refractivity contribution in [1.29, 1.82) is 0 Å². The van der Waals surface area contributed by atoms with Crippen LogP contribution < -0.4 is 5.32 Å². The van der Waals surface area contributed by atoms with Crippen molar-refractivity contribution in [2.75, 3.05) is 5.32 Å². The van der Waals surface area contributed by atoms with Crippen molar-refractivity contribution in [1.82, 2.24) is 15.0 Å². The predicted molar refractivity (Wildman–Crippen MR) is 103 cm³/mol. The smallest absolute Gasteiger partial charge is 0.257 e. The van der Waals surface area contributed by atoms with Gasteiger partial charge in [0.2, 0.25) is 0 Å². The molecule has 5 nitrogen and oxygen atoms in total. The zero-order valence-electron chi connectivity index (χ0n) is 13.4. The highest BCUT2D eigenvalue weighted by Crippen LogP contribution is 2.28. The third-order valence-corrected chi connectivity index (χ3v) is 4.47. The molecule has 1 aromatic heterocycles. The van der Waals surface area contributed by atoms with E-state index in [4.69, 9.17) is 23.2 Å². The van der Waals surface area contributed by atoms with Gasteiger partial charge in [-0.25, -0.2) is 0 Å². The van der Waals surface area contributed by atoms with Crippen LogP contribution in [0.3, 0.4) is 0 Å². The molecule has 0 saturated heterocycles. The van der Waals surface area contributed by atoms with Gasteiger partial charge in [0, 0.05) is 0 Å². The number of carbonyl (C=O) groups is 1. The first-order valence-corrected chi connectivity index (χ1v) is 8.55. The highest BCUT2D eigenvalue weighted by molar-refractivity contribution is 6.36. The van der Waals surface area contributed by atoms with E-state index in [-0.39, 0.29) is 5.91 Å². The fourth-order valence-corrected chi connectivity index (χ4v) is 2.97. The molecule has 0 spiro atoms. The maximum atomic E-state index is 12.5. The van der Waals surface area contributed by atoms with Gasteiger partial charge in [-0.05, 0) is 36.4 Å². The number of benzene rings is 3. The summed E-state index contributed by atoms with van der Waals surface area (Å²) in [5.74, 6) is -0.340. The minimum Gasteiger partial charge on any atom is -0.321 e. The van der Waals surface area contributed by atoms with Gasteiger partial charge in [-0.3, -0.25) is 4.79 Å². The number of halogens is 2. The first-order valence-electron chi connectivity index (χ1n) is 7.80. The Balaban J connectivity index is 1.69. The first-order chi connectivity index (χ1) is 12.6. The summed E-state index contributed by atoms with van der Waals surface area (Å²) in [7, 11) is 0. The second-order valence-electron chi connectivity index (χ2n) is 5.58. The van der Waals surface area contributed by atoms with Crippen molar-refractivity contribution in [3.63, 3.8) is 0 Å². The Morgan fingerprint density at radius 1 is 0.846 bits per heavy atom. The van der Waals surface area contributed by atoms with Crippen LogP contribution in [0.4, 0.5) is 5.69 Å². The molecule has 26 heavy (non-hydrogen) atoms. The van der Waals surface area contributed by atoms with Crippen molar-refractivity contribution >= 4 is 45.8 Å². The Kier molecular flexibility index (Phi) is 4.32. The number of hydrogen-bond donors (Lipinski definition) is 1. The van der Waals surface area contributed by atoms with E-state index < -0.39 is 0 Å². The number of nitrogens with one attached hydrogen (secondary N) is 1. The molecule has 0 aliphatic rings. The molecular formula is C19H12Cl2N4O. The number of amides is 1. The number of rotatable bonds is 3. The van der Waals surface area contributed by atoms with Crippen LogP contribution in [0.5, 0.6) is 0 Å². The highest BCUT2D eigenvalue weighted by atomic mass is 35.5. The highest BCUT2D eigenvalue weighted by Gasteiger charge is 2.14. The molecule has 0 saturated carbocycles. The summed E-state index contributed by atoms with van der Waals surface area (Å²) in [6.07, 6.45) is 0. The van der Waals surface area contributed by atoms with Crippen LogP contribution in [0.15, 0.2) is 66.7 Å². The summed E-state index contributed by atoms with van der Waals surface area (Å²) < 4.78 is 0. The van der Waals surface area contributed by atoms with Gasteiger partial charge in [0.1, 0.15) is 11.0 Å². The van der Waals surface area contributed by atoms with Crippen LogP contribution in [-0.4, -0.2) is 20.9 Å². The number of hydrogen-bond acceptors (Lipinski definition) is 3. The molecule has 4 rings (SSSR count). The number of fused-ring (bicyclic) bond motifs is 1. The lowest BCUT2D eigenvalue weighted by atomic mass is 10.2. The molecule has 0 unspecified atom stereocenters. The van der Waals surface area contributed by atoms with Crippen molar-refractivity contribution in [2.24, 2.45) is 0 Å². The van der Waals surface area contributed by atoms with E-state index in [0.717, 1.165) is 5.69 Å². The zero-order chi connectivity index (χ0) is 18.1. The van der Waals surface area contributed by atoms with Gasteiger partial charge < -0.3 is 5.32 Å². The van der Waals surface area contributed by atoms with Gasteiger partial charge in [0.15, 0.2) is 0 Å². The van der Waals surface area contributed by atoms with Gasteiger partial charge >= 0.3 is 0 Å². The summed E-state index contributed by atoms with van der Waals surface area (Å²) >= 11 is 12.4. The molecule has 0 atom stereocenters. The van der Waals surface area contributed by atoms with E-state index in [1.807, 2.05) is 30.3 Å². The topological polar surface area (TPSA) is 59.8 Å². The third-order valence-electron chi connectivity index (χ3n) is 3.82. The molecule has 128 valence electrons. The van der Waals surface area contributed by atoms with Crippen LogP contribution >= 0.6 is 23.2 Å². The number of anilines is 1. The summed E-state index contributed by atoms with van der Waals surface area (Å²) in [6, 6.07) is 19.7. The zero-order valence-corrected chi connectivity index (χ0v) is 14.9. The van der Waals surface area contributed by atoms with Gasteiger partial charge in [0.05, 0.1) is 27.0 Å². The van der Waals surface area contributed by atoms with Crippen LogP contribution in [0, 0.1) is 0 Å². The Hall–Kier alpha value is -2.89. The van der Waals surface area contributed by atoms with Crippen LogP contribution in [-0.2, 0) is 0 Å². The number of para-hydroxylation sites is 1. The Labute approximate surface area is 159 Å². The normalized spacial score (nSPS) is 10.8. The Morgan fingerprint density at radius 2 is 1.50 bits per heavy atom. The fourth-order valence-electron chi connectivity index (χ4n) is 2.55. The van der Waals surface area contributed by atoms with Crippen LogP contribution in [0.1, 0.15) is 10.4 Å². The molecule has 0 radical (unpaired) electrons. The Bertz CT molecular complexity index is 1110. The molecular weight excluding hydrogens is 371 g/mol. The summed E-state index contributed by atoms with van der Waals surface area (Å²) in [6.45, 7) is 0. The third kappa shape index (κ3) is 3.14. The minimum absolute atomic E-state index is 0.340. The molecule has 7 heteroatoms. The quantitative estimate of drug-likeness (QED) is 0.543. The second-order valence-corrected chi connectivity index (χ2v) is 6.39.